The van der Waals surface area contributed by atoms with Crippen LogP contribution in [0.3, 0.4) is 0 Å². The van der Waals surface area contributed by atoms with Crippen LogP contribution in [0.4, 0.5) is 13.2 Å². The average Bonchev–Trinajstić information content (AvgIpc) is 2.24. The molecular weight excluding hydrogens is 287 g/mol. The van der Waals surface area contributed by atoms with Gasteiger partial charge in [0.25, 0.3) is 0 Å². The molecule has 110 valence electrons. The minimum absolute atomic E-state index is 0.138. The number of ether oxygens (including phenoxy) is 1. The van der Waals surface area contributed by atoms with E-state index in [1.807, 2.05) is 0 Å². The number of carbonyl (C=O) groups is 1. The molecule has 0 aliphatic carbocycles. The maximum Gasteiger partial charge on any atom is 0.418 e. The summed E-state index contributed by atoms with van der Waals surface area (Å²) in [6, 6.07) is 0. The summed E-state index contributed by atoms with van der Waals surface area (Å²) in [6.07, 6.45) is -3.87. The normalized spacial score (nSPS) is 25.9. The number of esters is 1. The zero-order chi connectivity index (χ0) is 15.1. The number of carbonyl (C=O) groups excluding carboxylic acids is 1. The van der Waals surface area contributed by atoms with Gasteiger partial charge in [-0.15, -0.1) is 0 Å². The number of methoxy groups -OCH3 is 1. The second kappa shape index (κ2) is 4.78. The van der Waals surface area contributed by atoms with Gasteiger partial charge in [-0.2, -0.15) is 17.5 Å². The highest BCUT2D eigenvalue weighted by atomic mass is 32.2. The minimum atomic E-state index is -5.07. The molecule has 5 nitrogen and oxygen atoms in total. The maximum atomic E-state index is 13.4. The van der Waals surface area contributed by atoms with Crippen molar-refractivity contribution in [1.82, 2.24) is 4.31 Å². The fraction of sp³-hybridized carbons (Fsp3) is 0.700. The van der Waals surface area contributed by atoms with Gasteiger partial charge in [0.15, 0.2) is 0 Å². The molecule has 1 heterocycles. The molecule has 0 spiro atoms. The van der Waals surface area contributed by atoms with Crippen molar-refractivity contribution in [3.63, 3.8) is 0 Å². The van der Waals surface area contributed by atoms with Crippen LogP contribution in [0.1, 0.15) is 13.3 Å². The lowest BCUT2D eigenvalue weighted by Gasteiger charge is -2.42. The fourth-order valence-electron chi connectivity index (χ4n) is 2.08. The number of nitrogens with zero attached hydrogens (tertiary/aromatic N) is 1. The van der Waals surface area contributed by atoms with Crippen LogP contribution in [-0.4, -0.2) is 50.3 Å². The van der Waals surface area contributed by atoms with Crippen LogP contribution in [0.15, 0.2) is 11.6 Å². The Bertz CT molecular complexity index is 511. The van der Waals surface area contributed by atoms with Crippen molar-refractivity contribution in [2.24, 2.45) is 0 Å². The van der Waals surface area contributed by atoms with Gasteiger partial charge in [0.2, 0.25) is 15.6 Å². The molecule has 0 bridgehead atoms. The molecule has 0 saturated heterocycles. The van der Waals surface area contributed by atoms with E-state index >= 15 is 0 Å². The van der Waals surface area contributed by atoms with Gasteiger partial charge in [0.1, 0.15) is 0 Å². The zero-order valence-electron chi connectivity index (χ0n) is 10.6. The third kappa shape index (κ3) is 2.62. The molecule has 0 N–H and O–H groups in total. The van der Waals surface area contributed by atoms with E-state index in [4.69, 9.17) is 0 Å². The summed E-state index contributed by atoms with van der Waals surface area (Å²) in [4.78, 5) is 11.7. The molecular formula is C10H14F3NO4S. The van der Waals surface area contributed by atoms with Gasteiger partial charge in [-0.25, -0.2) is 13.2 Å². The van der Waals surface area contributed by atoms with Crippen molar-refractivity contribution in [3.8, 4) is 0 Å². The van der Waals surface area contributed by atoms with Crippen molar-refractivity contribution in [2.45, 2.75) is 25.1 Å². The van der Waals surface area contributed by atoms with Crippen LogP contribution in [-0.2, 0) is 19.6 Å². The van der Waals surface area contributed by atoms with Gasteiger partial charge in [-0.05, 0) is 6.92 Å². The fourth-order valence-corrected chi connectivity index (χ4v) is 3.23. The van der Waals surface area contributed by atoms with Crippen LogP contribution in [0, 0.1) is 0 Å². The molecule has 0 radical (unpaired) electrons. The Morgan fingerprint density at radius 2 is 2.00 bits per heavy atom. The molecule has 0 saturated carbocycles. The third-order valence-electron chi connectivity index (χ3n) is 2.96. The molecule has 19 heavy (non-hydrogen) atoms. The molecule has 0 aromatic rings. The van der Waals surface area contributed by atoms with Crippen molar-refractivity contribution in [1.29, 1.82) is 0 Å². The second-order valence-electron chi connectivity index (χ2n) is 4.37. The standard InChI is InChI=1S/C10H14F3NO4S/c1-7-4-5-14(19(3,16)17)9(6-7,8(15)18-2)10(11,12)13/h4H,5-6H2,1-3H3/t9-/m1/s1. The average molecular weight is 301 g/mol. The Hall–Kier alpha value is -1.09. The van der Waals surface area contributed by atoms with Crippen molar-refractivity contribution < 1.29 is 31.1 Å². The highest BCUT2D eigenvalue weighted by Gasteiger charge is 2.67. The largest absolute Gasteiger partial charge is 0.467 e. The first-order valence-electron chi connectivity index (χ1n) is 5.25. The molecule has 1 aliphatic heterocycles. The van der Waals surface area contributed by atoms with Crippen LogP contribution in [0.5, 0.6) is 0 Å². The van der Waals surface area contributed by atoms with E-state index in [2.05, 4.69) is 4.74 Å². The number of halogens is 3. The molecule has 9 heteroatoms. The maximum absolute atomic E-state index is 13.4. The van der Waals surface area contributed by atoms with Crippen LogP contribution >= 0.6 is 0 Å². The van der Waals surface area contributed by atoms with Gasteiger partial charge in [-0.1, -0.05) is 11.6 Å². The van der Waals surface area contributed by atoms with E-state index in [-0.39, 0.29) is 9.88 Å². The van der Waals surface area contributed by atoms with E-state index in [0.29, 0.717) is 6.26 Å². The number of rotatable bonds is 2. The van der Waals surface area contributed by atoms with E-state index in [1.165, 1.54) is 13.0 Å². The summed E-state index contributed by atoms with van der Waals surface area (Å²) < 4.78 is 67.5. The molecule has 0 aromatic carbocycles. The summed E-state index contributed by atoms with van der Waals surface area (Å²) in [5, 5.41) is 0. The summed E-state index contributed by atoms with van der Waals surface area (Å²) >= 11 is 0. The van der Waals surface area contributed by atoms with Crippen molar-refractivity contribution in [2.75, 3.05) is 19.9 Å². The van der Waals surface area contributed by atoms with Gasteiger partial charge < -0.3 is 4.74 Å². The molecule has 1 rings (SSSR count). The van der Waals surface area contributed by atoms with Gasteiger partial charge in [0.05, 0.1) is 13.4 Å². The first-order valence-corrected chi connectivity index (χ1v) is 7.10. The van der Waals surface area contributed by atoms with Gasteiger partial charge in [0, 0.05) is 13.0 Å². The minimum Gasteiger partial charge on any atom is -0.467 e. The van der Waals surface area contributed by atoms with E-state index < -0.39 is 40.7 Å². The lowest BCUT2D eigenvalue weighted by Crippen LogP contribution is -2.67. The Labute approximate surface area is 109 Å². The highest BCUT2D eigenvalue weighted by molar-refractivity contribution is 7.88. The molecule has 0 aromatic heterocycles. The number of sulfonamides is 1. The topological polar surface area (TPSA) is 63.7 Å². The van der Waals surface area contributed by atoms with Crippen LogP contribution < -0.4 is 0 Å². The Morgan fingerprint density at radius 1 is 1.47 bits per heavy atom. The van der Waals surface area contributed by atoms with Crippen LogP contribution in [0.25, 0.3) is 0 Å². The van der Waals surface area contributed by atoms with E-state index in [9.17, 15) is 26.4 Å². The Morgan fingerprint density at radius 3 is 2.37 bits per heavy atom. The van der Waals surface area contributed by atoms with Gasteiger partial charge >= 0.3 is 12.1 Å². The highest BCUT2D eigenvalue weighted by Crippen LogP contribution is 2.44. The monoisotopic (exact) mass is 301 g/mol. The summed E-state index contributed by atoms with van der Waals surface area (Å²) in [7, 11) is -3.43. The van der Waals surface area contributed by atoms with Crippen LogP contribution in [0.2, 0.25) is 0 Å². The molecule has 0 fully saturated rings. The van der Waals surface area contributed by atoms with Crippen molar-refractivity contribution in [3.05, 3.63) is 11.6 Å². The smallest absolute Gasteiger partial charge is 0.418 e. The molecule has 0 unspecified atom stereocenters. The Balaban J connectivity index is 3.56. The predicted octanol–water partition coefficient (Wildman–Crippen LogP) is 1.07. The second-order valence-corrected chi connectivity index (χ2v) is 6.28. The number of alkyl halides is 3. The zero-order valence-corrected chi connectivity index (χ0v) is 11.4. The lowest BCUT2D eigenvalue weighted by atomic mass is 9.87. The van der Waals surface area contributed by atoms with E-state index in [1.54, 1.807) is 0 Å². The summed E-state index contributed by atoms with van der Waals surface area (Å²) in [5.74, 6) is -1.63. The SMILES string of the molecule is COC(=O)[C@@]1(C(F)(F)F)CC(C)=CCN1S(C)(=O)=O. The predicted molar refractivity (Wildman–Crippen MR) is 60.7 cm³/mol. The number of hydrogen-bond donors (Lipinski definition) is 0. The Kier molecular flexibility index (Phi) is 4.02. The number of hydrogen-bond acceptors (Lipinski definition) is 4. The van der Waals surface area contributed by atoms with E-state index in [0.717, 1.165) is 7.11 Å². The lowest BCUT2D eigenvalue weighted by molar-refractivity contribution is -0.227. The van der Waals surface area contributed by atoms with Crippen molar-refractivity contribution >= 4 is 16.0 Å². The van der Waals surface area contributed by atoms with Gasteiger partial charge in [-0.3, -0.25) is 0 Å². The molecule has 0 amide bonds. The first-order chi connectivity index (χ1) is 8.46. The first kappa shape index (κ1) is 16.0. The summed E-state index contributed by atoms with van der Waals surface area (Å²) in [5.41, 5.74) is -2.91. The quantitative estimate of drug-likeness (QED) is 0.565. The summed E-state index contributed by atoms with van der Waals surface area (Å²) in [6.45, 7) is 0.891. The molecule has 1 aliphatic rings. The molecule has 1 atom stereocenters. The third-order valence-corrected chi connectivity index (χ3v) is 4.22.